The zero-order chi connectivity index (χ0) is 13.9. The molecule has 0 saturated carbocycles. The Morgan fingerprint density at radius 3 is 2.06 bits per heavy atom. The normalized spacial score (nSPS) is 14.1. The number of unbranched alkanes of at least 4 members (excludes halogenated alkanes) is 2. The highest BCUT2D eigenvalue weighted by atomic mass is 31.3. The van der Waals surface area contributed by atoms with E-state index in [1.54, 1.807) is 0 Å². The third-order valence-corrected chi connectivity index (χ3v) is 3.40. The van der Waals surface area contributed by atoms with E-state index in [0.717, 1.165) is 12.8 Å². The summed E-state index contributed by atoms with van der Waals surface area (Å²) in [5.74, 6) is 1.25. The molecule has 0 aliphatic carbocycles. The summed E-state index contributed by atoms with van der Waals surface area (Å²) in [7, 11) is -9.60. The number of carbonyl (C=O) groups excluding carboxylic acids is 1. The molecular weight excluding hydrogens is 274 g/mol. The molecule has 0 aliphatic heterocycles. The van der Waals surface area contributed by atoms with Gasteiger partial charge < -0.3 is 14.7 Å². The Morgan fingerprint density at radius 1 is 1.24 bits per heavy atom. The predicted octanol–water partition coefficient (Wildman–Crippen LogP) is 1.41. The molecule has 0 rings (SSSR count). The van der Waals surface area contributed by atoms with Crippen molar-refractivity contribution in [2.45, 2.75) is 26.2 Å². The van der Waals surface area contributed by atoms with Gasteiger partial charge in [0.05, 0.1) is 6.61 Å². The van der Waals surface area contributed by atoms with Crippen LogP contribution in [-0.2, 0) is 22.8 Å². The minimum Gasteiger partial charge on any atom is -0.302 e. The molecule has 0 fully saturated rings. The molecule has 8 nitrogen and oxygen atoms in total. The van der Waals surface area contributed by atoms with Crippen LogP contribution in [0.3, 0.4) is 0 Å². The van der Waals surface area contributed by atoms with Crippen LogP contribution in [0.5, 0.6) is 0 Å². The van der Waals surface area contributed by atoms with Crippen LogP contribution in [0.15, 0.2) is 6.58 Å². The van der Waals surface area contributed by atoms with Crippen LogP contribution in [-0.4, -0.2) is 27.2 Å². The van der Waals surface area contributed by atoms with Gasteiger partial charge in [-0.2, -0.15) is 4.31 Å². The van der Waals surface area contributed by atoms with E-state index < -0.39 is 15.6 Å². The Labute approximate surface area is 99.1 Å². The molecule has 0 aromatic heterocycles. The Balaban J connectivity index is 0. The van der Waals surface area contributed by atoms with E-state index in [4.69, 9.17) is 19.5 Å². The average Bonchev–Trinajstić information content (AvgIpc) is 2.10. The first-order valence-electron chi connectivity index (χ1n) is 4.57. The first-order chi connectivity index (χ1) is 7.68. The van der Waals surface area contributed by atoms with Crippen molar-refractivity contribution in [2.75, 3.05) is 6.61 Å². The Bertz CT molecular complexity index is 316. The number of phosphoric acid groups is 2. The van der Waals surface area contributed by atoms with E-state index in [2.05, 4.69) is 15.4 Å². The van der Waals surface area contributed by atoms with Gasteiger partial charge in [0.2, 0.25) is 0 Å². The highest BCUT2D eigenvalue weighted by Gasteiger charge is 2.31. The van der Waals surface area contributed by atoms with Crippen LogP contribution in [0.1, 0.15) is 26.2 Å². The molecule has 0 amide bonds. The molecule has 1 atom stereocenters. The SMILES string of the molecule is C=C=O.CCCCCOP(=O)(O)OP(=O)(O)O. The van der Waals surface area contributed by atoms with Crippen LogP contribution in [0, 0.1) is 0 Å². The zero-order valence-corrected chi connectivity index (χ0v) is 11.1. The summed E-state index contributed by atoms with van der Waals surface area (Å²) in [6.07, 6.45) is 2.24. The molecule has 17 heavy (non-hydrogen) atoms. The lowest BCUT2D eigenvalue weighted by atomic mass is 10.3. The maximum absolute atomic E-state index is 10.8. The van der Waals surface area contributed by atoms with Crippen LogP contribution in [0.25, 0.3) is 0 Å². The van der Waals surface area contributed by atoms with E-state index in [9.17, 15) is 9.13 Å². The lowest BCUT2D eigenvalue weighted by Gasteiger charge is -2.11. The zero-order valence-electron chi connectivity index (χ0n) is 9.31. The van der Waals surface area contributed by atoms with Gasteiger partial charge >= 0.3 is 15.6 Å². The molecule has 0 saturated heterocycles. The summed E-state index contributed by atoms with van der Waals surface area (Å²) in [6, 6.07) is 0. The first-order valence-corrected chi connectivity index (χ1v) is 7.59. The average molecular weight is 290 g/mol. The summed E-state index contributed by atoms with van der Waals surface area (Å²) in [5, 5.41) is 0. The third-order valence-electron chi connectivity index (χ3n) is 1.21. The minimum absolute atomic E-state index is 0.0678. The summed E-state index contributed by atoms with van der Waals surface area (Å²) in [5.41, 5.74) is 0. The van der Waals surface area contributed by atoms with E-state index in [1.807, 2.05) is 6.92 Å². The largest absolute Gasteiger partial charge is 0.481 e. The Morgan fingerprint density at radius 2 is 1.71 bits per heavy atom. The third kappa shape index (κ3) is 18.3. The fraction of sp³-hybridized carbons (Fsp3) is 0.714. The van der Waals surface area contributed by atoms with Crippen LogP contribution in [0.2, 0.25) is 0 Å². The monoisotopic (exact) mass is 290 g/mol. The van der Waals surface area contributed by atoms with Gasteiger partial charge in [-0.25, -0.2) is 13.9 Å². The van der Waals surface area contributed by atoms with E-state index in [-0.39, 0.29) is 6.61 Å². The molecule has 0 aromatic rings. The van der Waals surface area contributed by atoms with Crippen molar-refractivity contribution in [1.82, 2.24) is 0 Å². The molecule has 0 aromatic carbocycles. The number of rotatable bonds is 7. The quantitative estimate of drug-likeness (QED) is 0.364. The van der Waals surface area contributed by atoms with Crippen LogP contribution < -0.4 is 0 Å². The van der Waals surface area contributed by atoms with Gasteiger partial charge in [0.1, 0.15) is 5.94 Å². The summed E-state index contributed by atoms with van der Waals surface area (Å²) >= 11 is 0. The topological polar surface area (TPSA) is 130 Å². The van der Waals surface area contributed by atoms with Gasteiger partial charge in [-0.1, -0.05) is 19.8 Å². The second kappa shape index (κ2) is 9.71. The van der Waals surface area contributed by atoms with E-state index in [1.165, 1.54) is 5.94 Å². The second-order valence-corrected chi connectivity index (χ2v) is 5.56. The summed E-state index contributed by atoms with van der Waals surface area (Å²) < 4.78 is 28.9. The summed E-state index contributed by atoms with van der Waals surface area (Å²) in [6.45, 7) is 4.55. The Kier molecular flexibility index (Phi) is 10.9. The summed E-state index contributed by atoms with van der Waals surface area (Å²) in [4.78, 5) is 33.8. The fourth-order valence-electron chi connectivity index (χ4n) is 0.690. The van der Waals surface area contributed by atoms with Crippen LogP contribution in [0.4, 0.5) is 0 Å². The van der Waals surface area contributed by atoms with Crippen molar-refractivity contribution < 1.29 is 37.4 Å². The van der Waals surface area contributed by atoms with E-state index >= 15 is 0 Å². The van der Waals surface area contributed by atoms with Crippen molar-refractivity contribution in [1.29, 1.82) is 0 Å². The number of hydrogen-bond acceptors (Lipinski definition) is 5. The smallest absolute Gasteiger partial charge is 0.302 e. The highest BCUT2D eigenvalue weighted by molar-refractivity contribution is 7.60. The van der Waals surface area contributed by atoms with Gasteiger partial charge in [0, 0.05) is 0 Å². The van der Waals surface area contributed by atoms with E-state index in [0.29, 0.717) is 6.42 Å². The first kappa shape index (κ1) is 19.1. The van der Waals surface area contributed by atoms with Crippen molar-refractivity contribution >= 4 is 21.6 Å². The molecule has 0 spiro atoms. The fourth-order valence-corrected chi connectivity index (χ4v) is 2.31. The molecular formula is C7H16O8P2. The molecule has 1 unspecified atom stereocenters. The lowest BCUT2D eigenvalue weighted by Crippen LogP contribution is -1.95. The van der Waals surface area contributed by atoms with Gasteiger partial charge in [-0.05, 0) is 13.0 Å². The van der Waals surface area contributed by atoms with Gasteiger partial charge in [-0.3, -0.25) is 4.52 Å². The van der Waals surface area contributed by atoms with Gasteiger partial charge in [0.15, 0.2) is 0 Å². The van der Waals surface area contributed by atoms with Crippen molar-refractivity contribution in [3.63, 3.8) is 0 Å². The number of hydrogen-bond donors (Lipinski definition) is 3. The molecule has 3 N–H and O–H groups in total. The minimum atomic E-state index is -4.98. The Hall–Kier alpha value is -0.290. The molecule has 0 aliphatic rings. The lowest BCUT2D eigenvalue weighted by molar-refractivity contribution is 0.176. The molecule has 0 heterocycles. The maximum atomic E-state index is 10.8. The molecule has 0 bridgehead atoms. The standard InChI is InChI=1S/C5H14O7P2.C2H2O/c1-2-3-4-5-11-14(9,10)12-13(6,7)8;1-2-3/h2-5H2,1H3,(H,9,10)(H2,6,7,8);1H2. The highest BCUT2D eigenvalue weighted by Crippen LogP contribution is 2.57. The van der Waals surface area contributed by atoms with Gasteiger partial charge in [0.25, 0.3) is 0 Å². The van der Waals surface area contributed by atoms with Crippen molar-refractivity contribution in [2.24, 2.45) is 0 Å². The maximum Gasteiger partial charge on any atom is 0.481 e. The molecule has 102 valence electrons. The van der Waals surface area contributed by atoms with Gasteiger partial charge in [-0.15, -0.1) is 0 Å². The molecule has 10 heteroatoms. The van der Waals surface area contributed by atoms with Crippen LogP contribution >= 0.6 is 15.6 Å². The molecule has 0 radical (unpaired) electrons. The van der Waals surface area contributed by atoms with Crippen molar-refractivity contribution in [3.05, 3.63) is 6.58 Å². The number of phosphoric ester groups is 1. The second-order valence-electron chi connectivity index (χ2n) is 2.73. The predicted molar refractivity (Wildman–Crippen MR) is 59.8 cm³/mol. The van der Waals surface area contributed by atoms with Crippen molar-refractivity contribution in [3.8, 4) is 0 Å².